The lowest BCUT2D eigenvalue weighted by Crippen LogP contribution is -2.22. The van der Waals surface area contributed by atoms with Crippen LogP contribution in [0.1, 0.15) is 26.2 Å². The molecule has 0 bridgehead atoms. The number of rotatable bonds is 18. The molecule has 0 aliphatic rings. The van der Waals surface area contributed by atoms with Gasteiger partial charge in [0.25, 0.3) is 0 Å². The highest BCUT2D eigenvalue weighted by Gasteiger charge is 1.96. The molecular formula is C15H31NO5S. The highest BCUT2D eigenvalue weighted by atomic mass is 32.2. The average molecular weight is 337 g/mol. The van der Waals surface area contributed by atoms with Gasteiger partial charge in [0.05, 0.1) is 39.5 Å². The monoisotopic (exact) mass is 337 g/mol. The molecular weight excluding hydrogens is 306 g/mol. The fraction of sp³-hybridized carbons (Fsp3) is 0.933. The van der Waals surface area contributed by atoms with Gasteiger partial charge in [0.2, 0.25) is 0 Å². The fourth-order valence-electron chi connectivity index (χ4n) is 1.52. The molecule has 0 saturated carbocycles. The van der Waals surface area contributed by atoms with E-state index in [1.54, 1.807) is 11.8 Å². The Balaban J connectivity index is 2.95. The first-order valence-electron chi connectivity index (χ1n) is 8.00. The minimum absolute atomic E-state index is 0.249. The summed E-state index contributed by atoms with van der Waals surface area (Å²) in [4.78, 5) is 10.3. The second-order valence-corrected chi connectivity index (χ2v) is 5.92. The zero-order chi connectivity index (χ0) is 16.3. The van der Waals surface area contributed by atoms with Gasteiger partial charge in [-0.3, -0.25) is 4.79 Å². The average Bonchev–Trinajstić information content (AvgIpc) is 2.50. The summed E-state index contributed by atoms with van der Waals surface area (Å²) >= 11 is 1.69. The summed E-state index contributed by atoms with van der Waals surface area (Å²) in [6, 6.07) is 0. The molecule has 0 rings (SSSR count). The standard InChI is InChI=1S/C15H31NO5S/c1-2-7-19-9-11-21-12-10-20-8-6-16-5-3-13-22-14-4-15(17)18/h16H,2-14H2,1H3,(H,17,18). The van der Waals surface area contributed by atoms with Crippen molar-refractivity contribution in [3.63, 3.8) is 0 Å². The Bertz CT molecular complexity index is 244. The van der Waals surface area contributed by atoms with E-state index in [2.05, 4.69) is 12.2 Å². The van der Waals surface area contributed by atoms with E-state index in [0.717, 1.165) is 38.3 Å². The quantitative estimate of drug-likeness (QED) is 0.368. The number of nitrogens with one attached hydrogen (secondary N) is 1. The van der Waals surface area contributed by atoms with E-state index >= 15 is 0 Å². The first-order chi connectivity index (χ1) is 10.8. The Morgan fingerprint density at radius 3 is 2.23 bits per heavy atom. The van der Waals surface area contributed by atoms with Crippen molar-refractivity contribution in [1.29, 1.82) is 0 Å². The summed E-state index contributed by atoms with van der Waals surface area (Å²) in [5.41, 5.74) is 0. The SMILES string of the molecule is CCCOCCOCCOCCNCCCSCCC(=O)O. The predicted octanol–water partition coefficient (Wildman–Crippen LogP) is 1.63. The lowest BCUT2D eigenvalue weighted by atomic mass is 10.5. The minimum atomic E-state index is -0.722. The molecule has 0 unspecified atom stereocenters. The van der Waals surface area contributed by atoms with Crippen molar-refractivity contribution in [3.8, 4) is 0 Å². The maximum atomic E-state index is 10.3. The second-order valence-electron chi connectivity index (χ2n) is 4.70. The van der Waals surface area contributed by atoms with Gasteiger partial charge in [0, 0.05) is 18.9 Å². The van der Waals surface area contributed by atoms with E-state index in [-0.39, 0.29) is 6.42 Å². The van der Waals surface area contributed by atoms with Crippen LogP contribution in [0.3, 0.4) is 0 Å². The van der Waals surface area contributed by atoms with Gasteiger partial charge in [0.15, 0.2) is 0 Å². The van der Waals surface area contributed by atoms with Crippen LogP contribution in [0.5, 0.6) is 0 Å². The van der Waals surface area contributed by atoms with Gasteiger partial charge in [-0.15, -0.1) is 0 Å². The summed E-state index contributed by atoms with van der Waals surface area (Å²) < 4.78 is 16.1. The summed E-state index contributed by atoms with van der Waals surface area (Å²) in [5, 5.41) is 11.8. The van der Waals surface area contributed by atoms with Crippen molar-refractivity contribution in [3.05, 3.63) is 0 Å². The molecule has 0 spiro atoms. The normalized spacial score (nSPS) is 11.0. The molecule has 0 saturated heterocycles. The van der Waals surface area contributed by atoms with Crippen LogP contribution in [0.25, 0.3) is 0 Å². The molecule has 0 aromatic carbocycles. The summed E-state index contributed by atoms with van der Waals surface area (Å²) in [6.45, 7) is 7.83. The first kappa shape index (κ1) is 21.7. The number of hydrogen-bond acceptors (Lipinski definition) is 6. The van der Waals surface area contributed by atoms with Gasteiger partial charge in [0.1, 0.15) is 0 Å². The molecule has 7 heteroatoms. The minimum Gasteiger partial charge on any atom is -0.481 e. The molecule has 0 atom stereocenters. The highest BCUT2D eigenvalue weighted by Crippen LogP contribution is 2.03. The number of hydrogen-bond donors (Lipinski definition) is 2. The van der Waals surface area contributed by atoms with Crippen LogP contribution in [0.4, 0.5) is 0 Å². The third-order valence-corrected chi connectivity index (χ3v) is 3.69. The molecule has 22 heavy (non-hydrogen) atoms. The molecule has 2 N–H and O–H groups in total. The van der Waals surface area contributed by atoms with E-state index in [1.807, 2.05) is 0 Å². The van der Waals surface area contributed by atoms with Gasteiger partial charge >= 0.3 is 5.97 Å². The number of thioether (sulfide) groups is 1. The van der Waals surface area contributed by atoms with Crippen molar-refractivity contribution < 1.29 is 24.1 Å². The maximum absolute atomic E-state index is 10.3. The van der Waals surface area contributed by atoms with E-state index < -0.39 is 5.97 Å². The fourth-order valence-corrected chi connectivity index (χ4v) is 2.39. The topological polar surface area (TPSA) is 77.0 Å². The third kappa shape index (κ3) is 19.7. The molecule has 0 fully saturated rings. The lowest BCUT2D eigenvalue weighted by molar-refractivity contribution is -0.136. The Morgan fingerprint density at radius 1 is 0.955 bits per heavy atom. The molecule has 0 aromatic heterocycles. The number of carboxylic acids is 1. The van der Waals surface area contributed by atoms with E-state index in [9.17, 15) is 4.79 Å². The van der Waals surface area contributed by atoms with E-state index in [0.29, 0.717) is 38.8 Å². The van der Waals surface area contributed by atoms with E-state index in [4.69, 9.17) is 19.3 Å². The van der Waals surface area contributed by atoms with Crippen LogP contribution >= 0.6 is 11.8 Å². The molecule has 132 valence electrons. The summed E-state index contributed by atoms with van der Waals surface area (Å²) in [5.74, 6) is 0.969. The summed E-state index contributed by atoms with van der Waals surface area (Å²) in [7, 11) is 0. The zero-order valence-electron chi connectivity index (χ0n) is 13.7. The van der Waals surface area contributed by atoms with Crippen LogP contribution < -0.4 is 5.32 Å². The first-order valence-corrected chi connectivity index (χ1v) is 9.16. The van der Waals surface area contributed by atoms with Crippen LogP contribution in [0.2, 0.25) is 0 Å². The van der Waals surface area contributed by atoms with Crippen LogP contribution in [0.15, 0.2) is 0 Å². The van der Waals surface area contributed by atoms with Crippen LogP contribution in [-0.2, 0) is 19.0 Å². The molecule has 0 aliphatic heterocycles. The Kier molecular flexibility index (Phi) is 18.4. The second kappa shape index (κ2) is 18.7. The van der Waals surface area contributed by atoms with Gasteiger partial charge < -0.3 is 24.6 Å². The van der Waals surface area contributed by atoms with Crippen molar-refractivity contribution in [2.24, 2.45) is 0 Å². The van der Waals surface area contributed by atoms with E-state index in [1.165, 1.54) is 0 Å². The maximum Gasteiger partial charge on any atom is 0.304 e. The van der Waals surface area contributed by atoms with Gasteiger partial charge in [-0.2, -0.15) is 11.8 Å². The smallest absolute Gasteiger partial charge is 0.304 e. The predicted molar refractivity (Wildman–Crippen MR) is 89.8 cm³/mol. The van der Waals surface area contributed by atoms with Crippen LogP contribution in [-0.4, -0.2) is 75.3 Å². The summed E-state index contributed by atoms with van der Waals surface area (Å²) in [6.07, 6.45) is 2.33. The number of carbonyl (C=O) groups is 1. The van der Waals surface area contributed by atoms with Gasteiger partial charge in [-0.25, -0.2) is 0 Å². The van der Waals surface area contributed by atoms with Crippen molar-refractivity contribution >= 4 is 17.7 Å². The highest BCUT2D eigenvalue weighted by molar-refractivity contribution is 7.99. The van der Waals surface area contributed by atoms with Crippen LogP contribution in [0, 0.1) is 0 Å². The van der Waals surface area contributed by atoms with Crippen molar-refractivity contribution in [1.82, 2.24) is 5.32 Å². The lowest BCUT2D eigenvalue weighted by Gasteiger charge is -2.07. The number of ether oxygens (including phenoxy) is 3. The Morgan fingerprint density at radius 2 is 1.59 bits per heavy atom. The molecule has 0 radical (unpaired) electrons. The molecule has 6 nitrogen and oxygen atoms in total. The molecule has 0 aliphatic carbocycles. The Hall–Kier alpha value is -0.340. The van der Waals surface area contributed by atoms with Gasteiger partial charge in [-0.05, 0) is 25.1 Å². The largest absolute Gasteiger partial charge is 0.481 e. The van der Waals surface area contributed by atoms with Crippen molar-refractivity contribution in [2.75, 3.05) is 64.2 Å². The van der Waals surface area contributed by atoms with Gasteiger partial charge in [-0.1, -0.05) is 6.92 Å². The number of aliphatic carboxylic acids is 1. The molecule has 0 heterocycles. The van der Waals surface area contributed by atoms with Crippen molar-refractivity contribution in [2.45, 2.75) is 26.2 Å². The third-order valence-electron chi connectivity index (χ3n) is 2.62. The molecule has 0 amide bonds. The zero-order valence-corrected chi connectivity index (χ0v) is 14.5. The Labute approximate surface area is 138 Å². The molecule has 0 aromatic rings. The number of carboxylic acid groups (broad SMARTS) is 1.